The van der Waals surface area contributed by atoms with E-state index in [-0.39, 0.29) is 6.04 Å². The molecule has 1 amide bonds. The van der Waals surface area contributed by atoms with Gasteiger partial charge in [0.2, 0.25) is 0 Å². The number of nitrogens with zero attached hydrogens (tertiary/aromatic N) is 1. The summed E-state index contributed by atoms with van der Waals surface area (Å²) in [5, 5.41) is 0. The predicted molar refractivity (Wildman–Crippen MR) is 84.1 cm³/mol. The molecule has 22 heavy (non-hydrogen) atoms. The standard InChI is InChI=1S/C18H17NO3/c1-22-12-15-11-14-9-5-6-10-16(14)19(15)18(21)17(20)13-7-3-2-4-8-13/h2-10,15H,11-12H2,1H3/t15-/m0/s1. The summed E-state index contributed by atoms with van der Waals surface area (Å²) in [6.07, 6.45) is 0.706. The molecule has 0 aliphatic carbocycles. The van der Waals surface area contributed by atoms with Gasteiger partial charge >= 0.3 is 0 Å². The smallest absolute Gasteiger partial charge is 0.299 e. The third-order valence-corrected chi connectivity index (χ3v) is 3.88. The van der Waals surface area contributed by atoms with Crippen molar-refractivity contribution in [2.24, 2.45) is 0 Å². The Balaban J connectivity index is 1.94. The number of amides is 1. The van der Waals surface area contributed by atoms with E-state index in [0.717, 1.165) is 11.3 Å². The summed E-state index contributed by atoms with van der Waals surface area (Å²) in [5.74, 6) is -0.989. The first-order chi connectivity index (χ1) is 10.7. The molecule has 0 saturated carbocycles. The van der Waals surface area contributed by atoms with Crippen molar-refractivity contribution in [3.8, 4) is 0 Å². The Labute approximate surface area is 129 Å². The van der Waals surface area contributed by atoms with Crippen molar-refractivity contribution in [2.75, 3.05) is 18.6 Å². The largest absolute Gasteiger partial charge is 0.383 e. The maximum atomic E-state index is 12.7. The lowest BCUT2D eigenvalue weighted by atomic mass is 10.1. The monoisotopic (exact) mass is 295 g/mol. The molecule has 0 bridgehead atoms. The highest BCUT2D eigenvalue weighted by Crippen LogP contribution is 2.32. The van der Waals surface area contributed by atoms with Gasteiger partial charge in [0.05, 0.1) is 12.6 Å². The molecular formula is C18H17NO3. The average Bonchev–Trinajstić information content (AvgIpc) is 2.92. The fraction of sp³-hybridized carbons (Fsp3) is 0.222. The van der Waals surface area contributed by atoms with Crippen molar-refractivity contribution in [2.45, 2.75) is 12.5 Å². The number of ketones is 1. The fourth-order valence-electron chi connectivity index (χ4n) is 2.88. The zero-order valence-corrected chi connectivity index (χ0v) is 12.4. The molecule has 3 rings (SSSR count). The molecule has 4 heteroatoms. The third kappa shape index (κ3) is 2.53. The molecule has 0 fully saturated rings. The summed E-state index contributed by atoms with van der Waals surface area (Å²) in [6.45, 7) is 0.405. The highest BCUT2D eigenvalue weighted by Gasteiger charge is 2.36. The van der Waals surface area contributed by atoms with Crippen molar-refractivity contribution in [3.63, 3.8) is 0 Å². The topological polar surface area (TPSA) is 46.6 Å². The van der Waals surface area contributed by atoms with Crippen LogP contribution in [0.15, 0.2) is 54.6 Å². The molecule has 4 nitrogen and oxygen atoms in total. The first kappa shape index (κ1) is 14.5. The fourth-order valence-corrected chi connectivity index (χ4v) is 2.88. The lowest BCUT2D eigenvalue weighted by Gasteiger charge is -2.24. The Bertz CT molecular complexity index is 696. The maximum absolute atomic E-state index is 12.7. The molecule has 1 aliphatic rings. The van der Waals surface area contributed by atoms with Gasteiger partial charge in [0.25, 0.3) is 11.7 Å². The lowest BCUT2D eigenvalue weighted by molar-refractivity contribution is -0.115. The minimum Gasteiger partial charge on any atom is -0.383 e. The molecule has 2 aromatic carbocycles. The van der Waals surface area contributed by atoms with Gasteiger partial charge in [-0.3, -0.25) is 14.5 Å². The number of para-hydroxylation sites is 1. The van der Waals surface area contributed by atoms with E-state index in [1.54, 1.807) is 36.3 Å². The van der Waals surface area contributed by atoms with Crippen LogP contribution in [0.1, 0.15) is 15.9 Å². The number of hydrogen-bond donors (Lipinski definition) is 0. The number of anilines is 1. The van der Waals surface area contributed by atoms with Crippen molar-refractivity contribution in [1.82, 2.24) is 0 Å². The molecular weight excluding hydrogens is 278 g/mol. The molecule has 1 atom stereocenters. The van der Waals surface area contributed by atoms with E-state index >= 15 is 0 Å². The molecule has 2 aromatic rings. The van der Waals surface area contributed by atoms with E-state index < -0.39 is 11.7 Å². The van der Waals surface area contributed by atoms with Gasteiger partial charge in [-0.05, 0) is 18.1 Å². The zero-order chi connectivity index (χ0) is 15.5. The van der Waals surface area contributed by atoms with E-state index in [1.807, 2.05) is 30.3 Å². The van der Waals surface area contributed by atoms with Crippen LogP contribution >= 0.6 is 0 Å². The molecule has 0 radical (unpaired) electrons. The number of fused-ring (bicyclic) bond motifs is 1. The average molecular weight is 295 g/mol. The van der Waals surface area contributed by atoms with Gasteiger partial charge in [-0.25, -0.2) is 0 Å². The molecule has 0 N–H and O–H groups in total. The lowest BCUT2D eigenvalue weighted by Crippen LogP contribution is -2.44. The minimum atomic E-state index is -0.502. The van der Waals surface area contributed by atoms with Gasteiger partial charge in [-0.2, -0.15) is 0 Å². The van der Waals surface area contributed by atoms with Crippen LogP contribution in [0.4, 0.5) is 5.69 Å². The number of hydrogen-bond acceptors (Lipinski definition) is 3. The Kier molecular flexibility index (Phi) is 4.02. The van der Waals surface area contributed by atoms with E-state index in [0.29, 0.717) is 18.6 Å². The third-order valence-electron chi connectivity index (χ3n) is 3.88. The summed E-state index contributed by atoms with van der Waals surface area (Å²) < 4.78 is 5.22. The number of benzene rings is 2. The summed E-state index contributed by atoms with van der Waals surface area (Å²) in [4.78, 5) is 26.8. The van der Waals surface area contributed by atoms with Crippen molar-refractivity contribution < 1.29 is 14.3 Å². The maximum Gasteiger partial charge on any atom is 0.299 e. The number of carbonyl (C=O) groups is 2. The zero-order valence-electron chi connectivity index (χ0n) is 12.4. The first-order valence-electron chi connectivity index (χ1n) is 7.22. The Morgan fingerprint density at radius 2 is 1.77 bits per heavy atom. The van der Waals surface area contributed by atoms with E-state index in [9.17, 15) is 9.59 Å². The highest BCUT2D eigenvalue weighted by atomic mass is 16.5. The quantitative estimate of drug-likeness (QED) is 0.643. The minimum absolute atomic E-state index is 0.137. The Morgan fingerprint density at radius 1 is 1.09 bits per heavy atom. The van der Waals surface area contributed by atoms with Crippen LogP contribution in [-0.2, 0) is 16.0 Å². The summed E-state index contributed by atoms with van der Waals surface area (Å²) in [5.41, 5.74) is 2.28. The second kappa shape index (κ2) is 6.12. The van der Waals surface area contributed by atoms with Gasteiger partial charge in [0.15, 0.2) is 0 Å². The molecule has 0 aromatic heterocycles. The molecule has 0 spiro atoms. The normalized spacial score (nSPS) is 16.4. The first-order valence-corrected chi connectivity index (χ1v) is 7.22. The highest BCUT2D eigenvalue weighted by molar-refractivity contribution is 6.47. The van der Waals surface area contributed by atoms with Crippen LogP contribution in [0.25, 0.3) is 0 Å². The Hall–Kier alpha value is -2.46. The Morgan fingerprint density at radius 3 is 2.50 bits per heavy atom. The van der Waals surface area contributed by atoms with Crippen LogP contribution in [0.3, 0.4) is 0 Å². The van der Waals surface area contributed by atoms with Gasteiger partial charge in [0.1, 0.15) is 0 Å². The van der Waals surface area contributed by atoms with E-state index in [4.69, 9.17) is 4.74 Å². The van der Waals surface area contributed by atoms with Gasteiger partial charge in [0, 0.05) is 18.4 Å². The molecule has 1 heterocycles. The van der Waals surface area contributed by atoms with Gasteiger partial charge in [-0.15, -0.1) is 0 Å². The van der Waals surface area contributed by atoms with E-state index in [2.05, 4.69) is 0 Å². The van der Waals surface area contributed by atoms with Crippen LogP contribution in [0, 0.1) is 0 Å². The van der Waals surface area contributed by atoms with Crippen LogP contribution in [-0.4, -0.2) is 31.4 Å². The predicted octanol–water partition coefficient (Wildman–Crippen LogP) is 2.47. The molecule has 0 unspecified atom stereocenters. The van der Waals surface area contributed by atoms with Gasteiger partial charge < -0.3 is 4.74 Å². The second-order valence-corrected chi connectivity index (χ2v) is 5.31. The number of rotatable bonds is 4. The van der Waals surface area contributed by atoms with Crippen LogP contribution in [0.5, 0.6) is 0 Å². The summed E-state index contributed by atoms with van der Waals surface area (Å²) in [7, 11) is 1.60. The van der Waals surface area contributed by atoms with Crippen molar-refractivity contribution in [3.05, 3.63) is 65.7 Å². The number of Topliss-reactive ketones (excluding diaryl/α,β-unsaturated/α-hetero) is 1. The number of methoxy groups -OCH3 is 1. The van der Waals surface area contributed by atoms with Crippen LogP contribution in [0.2, 0.25) is 0 Å². The summed E-state index contributed by atoms with van der Waals surface area (Å²) in [6, 6.07) is 16.2. The number of ether oxygens (including phenoxy) is 1. The SMILES string of the molecule is COC[C@@H]1Cc2ccccc2N1C(=O)C(=O)c1ccccc1. The van der Waals surface area contributed by atoms with E-state index in [1.165, 1.54) is 0 Å². The molecule has 0 saturated heterocycles. The second-order valence-electron chi connectivity index (χ2n) is 5.31. The van der Waals surface area contributed by atoms with Crippen molar-refractivity contribution >= 4 is 17.4 Å². The van der Waals surface area contributed by atoms with Gasteiger partial charge in [-0.1, -0.05) is 48.5 Å². The van der Waals surface area contributed by atoms with Crippen LogP contribution < -0.4 is 4.90 Å². The van der Waals surface area contributed by atoms with Crippen molar-refractivity contribution in [1.29, 1.82) is 0 Å². The molecule has 1 aliphatic heterocycles. The summed E-state index contributed by atoms with van der Waals surface area (Å²) >= 11 is 0. The number of carbonyl (C=O) groups excluding carboxylic acids is 2. The molecule has 112 valence electrons.